The Hall–Kier alpha value is -3.83. The van der Waals surface area contributed by atoms with Gasteiger partial charge in [-0.1, -0.05) is 23.9 Å². The number of imidazole rings is 1. The summed E-state index contributed by atoms with van der Waals surface area (Å²) in [5.41, 5.74) is 3.06. The van der Waals surface area contributed by atoms with Crippen LogP contribution in [0, 0.1) is 0 Å². The number of benzene rings is 2. The monoisotopic (exact) mass is 519 g/mol. The second kappa shape index (κ2) is 8.99. The van der Waals surface area contributed by atoms with E-state index in [0.29, 0.717) is 43.5 Å². The summed E-state index contributed by atoms with van der Waals surface area (Å²) in [4.78, 5) is 50.3. The molecule has 0 aliphatic heterocycles. The average molecular weight is 520 g/mol. The van der Waals surface area contributed by atoms with Gasteiger partial charge in [-0.05, 0) is 55.2 Å². The van der Waals surface area contributed by atoms with Crippen molar-refractivity contribution in [3.8, 4) is 11.4 Å². The third kappa shape index (κ3) is 3.90. The minimum absolute atomic E-state index is 0.0415. The van der Waals surface area contributed by atoms with E-state index in [9.17, 15) is 14.4 Å². The molecule has 0 unspecified atom stereocenters. The summed E-state index contributed by atoms with van der Waals surface area (Å²) in [7, 11) is 1.56. The van der Waals surface area contributed by atoms with E-state index >= 15 is 0 Å². The number of anilines is 1. The van der Waals surface area contributed by atoms with Gasteiger partial charge in [-0.15, -0.1) is 11.3 Å². The summed E-state index contributed by atoms with van der Waals surface area (Å²) in [6.45, 7) is 0. The molecule has 0 fully saturated rings. The number of hydrogen-bond acceptors (Lipinski definition) is 7. The molecule has 3 heterocycles. The molecule has 6 rings (SSSR count). The van der Waals surface area contributed by atoms with Gasteiger partial charge in [0.1, 0.15) is 10.6 Å². The summed E-state index contributed by atoms with van der Waals surface area (Å²) in [5.74, 6) is 0.333. The van der Waals surface area contributed by atoms with E-state index in [1.165, 1.54) is 16.6 Å². The highest BCUT2D eigenvalue weighted by Crippen LogP contribution is 2.36. The number of H-pyrrole nitrogens is 2. The van der Waals surface area contributed by atoms with Crippen molar-refractivity contribution in [3.63, 3.8) is 0 Å². The maximum absolute atomic E-state index is 13.8. The second-order valence-corrected chi connectivity index (χ2v) is 10.4. The molecule has 3 aromatic heterocycles. The van der Waals surface area contributed by atoms with Gasteiger partial charge in [-0.25, -0.2) is 9.78 Å². The molecule has 36 heavy (non-hydrogen) atoms. The van der Waals surface area contributed by atoms with E-state index in [-0.39, 0.29) is 22.9 Å². The molecule has 2 aromatic carbocycles. The smallest absolute Gasteiger partial charge is 0.323 e. The molecule has 5 aromatic rings. The molecular formula is C25H21N5O4S2. The molecule has 1 aliphatic rings. The van der Waals surface area contributed by atoms with E-state index in [0.717, 1.165) is 24.8 Å². The number of para-hydroxylation sites is 2. The van der Waals surface area contributed by atoms with Crippen molar-refractivity contribution < 1.29 is 9.53 Å². The molecule has 1 aliphatic carbocycles. The Labute approximate surface area is 212 Å². The topological polar surface area (TPSA) is 122 Å². The van der Waals surface area contributed by atoms with Gasteiger partial charge in [0, 0.05) is 10.6 Å². The Balaban J connectivity index is 1.35. The lowest BCUT2D eigenvalue weighted by molar-refractivity contribution is -0.113. The van der Waals surface area contributed by atoms with Gasteiger partial charge in [0.25, 0.3) is 5.56 Å². The zero-order valence-corrected chi connectivity index (χ0v) is 20.8. The first-order valence-corrected chi connectivity index (χ1v) is 13.2. The summed E-state index contributed by atoms with van der Waals surface area (Å²) in [6.07, 6.45) is 2.89. The van der Waals surface area contributed by atoms with Crippen molar-refractivity contribution in [1.82, 2.24) is 19.5 Å². The van der Waals surface area contributed by atoms with Crippen molar-refractivity contribution in [2.45, 2.75) is 24.4 Å². The number of ether oxygens (including phenoxy) is 1. The van der Waals surface area contributed by atoms with Crippen LogP contribution in [0.3, 0.4) is 0 Å². The van der Waals surface area contributed by atoms with Crippen LogP contribution >= 0.6 is 23.1 Å². The fourth-order valence-corrected chi connectivity index (χ4v) is 6.69. The van der Waals surface area contributed by atoms with E-state index < -0.39 is 0 Å². The number of aromatic nitrogens is 4. The number of carbonyl (C=O) groups is 1. The van der Waals surface area contributed by atoms with Gasteiger partial charge in [0.05, 0.1) is 35.0 Å². The highest BCUT2D eigenvalue weighted by Gasteiger charge is 2.25. The number of aryl methyl sites for hydroxylation is 2. The zero-order valence-electron chi connectivity index (χ0n) is 19.2. The van der Waals surface area contributed by atoms with Crippen LogP contribution in [0.1, 0.15) is 16.9 Å². The molecule has 11 heteroatoms. The van der Waals surface area contributed by atoms with Crippen LogP contribution in [0.4, 0.5) is 5.69 Å². The Morgan fingerprint density at radius 1 is 1.17 bits per heavy atom. The van der Waals surface area contributed by atoms with Crippen LogP contribution in [0.15, 0.2) is 57.2 Å². The molecule has 0 atom stereocenters. The van der Waals surface area contributed by atoms with Gasteiger partial charge in [0.15, 0.2) is 5.16 Å². The normalized spacial score (nSPS) is 12.8. The van der Waals surface area contributed by atoms with Crippen LogP contribution < -0.4 is 21.3 Å². The largest absolute Gasteiger partial charge is 0.495 e. The predicted molar refractivity (Wildman–Crippen MR) is 142 cm³/mol. The number of aromatic amines is 2. The first-order valence-electron chi connectivity index (χ1n) is 11.4. The third-order valence-electron chi connectivity index (χ3n) is 6.17. The van der Waals surface area contributed by atoms with Crippen molar-refractivity contribution >= 4 is 55.9 Å². The van der Waals surface area contributed by atoms with Crippen LogP contribution in [0.5, 0.6) is 5.75 Å². The number of hydrogen-bond donors (Lipinski definition) is 3. The number of rotatable bonds is 6. The third-order valence-corrected chi connectivity index (χ3v) is 8.29. The van der Waals surface area contributed by atoms with Gasteiger partial charge in [0.2, 0.25) is 5.91 Å². The van der Waals surface area contributed by atoms with Crippen LogP contribution in [-0.2, 0) is 17.6 Å². The number of fused-ring (bicyclic) bond motifs is 4. The molecule has 0 spiro atoms. The lowest BCUT2D eigenvalue weighted by Crippen LogP contribution is -2.23. The number of thioether (sulfide) groups is 1. The van der Waals surface area contributed by atoms with Gasteiger partial charge < -0.3 is 20.0 Å². The number of thiophene rings is 1. The molecule has 0 bridgehead atoms. The SMILES string of the molecule is COc1ccccc1-n1c(SCC(=O)Nc2ccc3[nH]c(=O)[nH]c3c2)nc2sc3c(c2c1=O)CCC3. The van der Waals surface area contributed by atoms with Crippen molar-refractivity contribution in [3.05, 3.63) is 73.7 Å². The summed E-state index contributed by atoms with van der Waals surface area (Å²) < 4.78 is 7.09. The number of amides is 1. The van der Waals surface area contributed by atoms with Gasteiger partial charge in [-0.2, -0.15) is 0 Å². The first-order chi connectivity index (χ1) is 17.5. The number of nitrogens with one attached hydrogen (secondary N) is 3. The standard InChI is InChI=1S/C25H21N5O4S2/c1-34-18-7-3-2-6-17(18)30-23(32)21-14-5-4-8-19(14)36-22(21)29-25(30)35-12-20(31)26-13-9-10-15-16(11-13)28-24(33)27-15/h2-3,6-7,9-11H,4-5,8,12H2,1H3,(H,26,31)(H2,27,28,33). The first kappa shape index (κ1) is 22.6. The number of methoxy groups -OCH3 is 1. The minimum atomic E-state index is -0.306. The number of carbonyl (C=O) groups excluding carboxylic acids is 1. The summed E-state index contributed by atoms with van der Waals surface area (Å²) in [6, 6.07) is 12.4. The highest BCUT2D eigenvalue weighted by atomic mass is 32.2. The lowest BCUT2D eigenvalue weighted by atomic mass is 10.2. The molecule has 182 valence electrons. The molecule has 9 nitrogen and oxygen atoms in total. The summed E-state index contributed by atoms with van der Waals surface area (Å²) >= 11 is 2.76. The molecule has 1 amide bonds. The Bertz CT molecular complexity index is 1760. The maximum atomic E-state index is 13.8. The van der Waals surface area contributed by atoms with Crippen LogP contribution in [0.25, 0.3) is 26.9 Å². The van der Waals surface area contributed by atoms with Crippen molar-refractivity contribution in [2.24, 2.45) is 0 Å². The predicted octanol–water partition coefficient (Wildman–Crippen LogP) is 3.84. The fourth-order valence-electron chi connectivity index (χ4n) is 4.59. The summed E-state index contributed by atoms with van der Waals surface area (Å²) in [5, 5.41) is 3.94. The highest BCUT2D eigenvalue weighted by molar-refractivity contribution is 7.99. The molecule has 0 saturated heterocycles. The number of nitrogens with zero attached hydrogens (tertiary/aromatic N) is 2. The zero-order chi connectivity index (χ0) is 24.8. The van der Waals surface area contributed by atoms with E-state index in [1.807, 2.05) is 18.2 Å². The Kier molecular flexibility index (Phi) is 5.65. The maximum Gasteiger partial charge on any atom is 0.323 e. The molecule has 3 N–H and O–H groups in total. The molecule has 0 saturated carbocycles. The molecule has 0 radical (unpaired) electrons. The second-order valence-electron chi connectivity index (χ2n) is 8.42. The fraction of sp³-hybridized carbons (Fsp3) is 0.200. The van der Waals surface area contributed by atoms with E-state index in [4.69, 9.17) is 9.72 Å². The van der Waals surface area contributed by atoms with Crippen LogP contribution in [0.2, 0.25) is 0 Å². The van der Waals surface area contributed by atoms with E-state index in [1.54, 1.807) is 47.3 Å². The Morgan fingerprint density at radius 3 is 2.86 bits per heavy atom. The molecular weight excluding hydrogens is 498 g/mol. The lowest BCUT2D eigenvalue weighted by Gasteiger charge is -2.15. The van der Waals surface area contributed by atoms with Gasteiger partial charge >= 0.3 is 5.69 Å². The average Bonchev–Trinajstić information content (AvgIpc) is 3.56. The quantitative estimate of drug-likeness (QED) is 0.231. The van der Waals surface area contributed by atoms with Crippen molar-refractivity contribution in [2.75, 3.05) is 18.2 Å². The Morgan fingerprint density at radius 2 is 2.00 bits per heavy atom. The van der Waals surface area contributed by atoms with Gasteiger partial charge in [-0.3, -0.25) is 14.2 Å². The van der Waals surface area contributed by atoms with E-state index in [2.05, 4.69) is 15.3 Å². The van der Waals surface area contributed by atoms with Crippen molar-refractivity contribution in [1.29, 1.82) is 0 Å². The minimum Gasteiger partial charge on any atom is -0.495 e. The van der Waals surface area contributed by atoms with Crippen LogP contribution in [-0.4, -0.2) is 38.3 Å².